The highest BCUT2D eigenvalue weighted by Gasteiger charge is 2.26. The third kappa shape index (κ3) is 1.37. The van der Waals surface area contributed by atoms with E-state index >= 15 is 0 Å². The van der Waals surface area contributed by atoms with E-state index in [0.717, 1.165) is 13.0 Å². The molecule has 2 rings (SSSR count). The number of carboxylic acid groups (broad SMARTS) is 1. The van der Waals surface area contributed by atoms with Crippen LogP contribution in [0.2, 0.25) is 0 Å². The second-order valence-corrected chi connectivity index (χ2v) is 3.30. The Morgan fingerprint density at radius 2 is 2.29 bits per heavy atom. The molecule has 1 aromatic rings. The molecular formula is C10H10FNO2. The molecule has 1 aromatic carbocycles. The molecule has 1 aliphatic heterocycles. The van der Waals surface area contributed by atoms with Gasteiger partial charge in [-0.1, -0.05) is 6.07 Å². The zero-order valence-corrected chi connectivity index (χ0v) is 7.46. The van der Waals surface area contributed by atoms with Gasteiger partial charge in [0.2, 0.25) is 0 Å². The lowest BCUT2D eigenvalue weighted by atomic mass is 9.93. The number of hydrogen-bond donors (Lipinski definition) is 2. The van der Waals surface area contributed by atoms with Crippen LogP contribution < -0.4 is 5.32 Å². The van der Waals surface area contributed by atoms with Gasteiger partial charge in [0.1, 0.15) is 5.82 Å². The Morgan fingerprint density at radius 3 is 2.79 bits per heavy atom. The fourth-order valence-electron chi connectivity index (χ4n) is 1.61. The van der Waals surface area contributed by atoms with E-state index in [0.29, 0.717) is 0 Å². The van der Waals surface area contributed by atoms with Crippen LogP contribution in [0.15, 0.2) is 18.2 Å². The molecule has 74 valence electrons. The summed E-state index contributed by atoms with van der Waals surface area (Å²) in [6, 6.07) is 4.01. The largest absolute Gasteiger partial charge is 0.478 e. The fourth-order valence-corrected chi connectivity index (χ4v) is 1.61. The summed E-state index contributed by atoms with van der Waals surface area (Å²) >= 11 is 0. The lowest BCUT2D eigenvalue weighted by molar-refractivity contribution is 0.0693. The number of carbonyl (C=O) groups is 1. The van der Waals surface area contributed by atoms with Crippen LogP contribution in [-0.4, -0.2) is 17.6 Å². The SMILES string of the molecule is O=C(O)c1cccc(F)c1[C@H]1CCN1. The minimum absolute atomic E-state index is 0.0576. The molecule has 0 spiro atoms. The highest BCUT2D eigenvalue weighted by Crippen LogP contribution is 2.28. The first kappa shape index (κ1) is 9.15. The Hall–Kier alpha value is -1.42. The van der Waals surface area contributed by atoms with Crippen molar-refractivity contribution >= 4 is 5.97 Å². The minimum Gasteiger partial charge on any atom is -0.478 e. The normalized spacial score (nSPS) is 20.2. The highest BCUT2D eigenvalue weighted by atomic mass is 19.1. The molecule has 1 aliphatic rings. The number of nitrogens with one attached hydrogen (secondary N) is 1. The standard InChI is InChI=1S/C10H10FNO2/c11-7-3-1-2-6(10(13)14)9(7)8-4-5-12-8/h1-3,8,12H,4-5H2,(H,13,14)/t8-/m1/s1. The van der Waals surface area contributed by atoms with Crippen molar-refractivity contribution in [1.29, 1.82) is 0 Å². The molecule has 0 radical (unpaired) electrons. The molecular weight excluding hydrogens is 185 g/mol. The Labute approximate surface area is 80.6 Å². The van der Waals surface area contributed by atoms with Crippen molar-refractivity contribution < 1.29 is 14.3 Å². The second-order valence-electron chi connectivity index (χ2n) is 3.30. The molecule has 3 nitrogen and oxygen atoms in total. The number of rotatable bonds is 2. The van der Waals surface area contributed by atoms with Crippen molar-refractivity contribution in [2.45, 2.75) is 12.5 Å². The van der Waals surface area contributed by atoms with E-state index < -0.39 is 11.8 Å². The summed E-state index contributed by atoms with van der Waals surface area (Å²) in [7, 11) is 0. The number of hydrogen-bond acceptors (Lipinski definition) is 2. The van der Waals surface area contributed by atoms with E-state index in [1.165, 1.54) is 18.2 Å². The topological polar surface area (TPSA) is 49.3 Å². The van der Waals surface area contributed by atoms with Crippen molar-refractivity contribution in [2.24, 2.45) is 0 Å². The van der Waals surface area contributed by atoms with Crippen molar-refractivity contribution in [3.05, 3.63) is 35.1 Å². The van der Waals surface area contributed by atoms with Crippen LogP contribution in [0.5, 0.6) is 0 Å². The van der Waals surface area contributed by atoms with Crippen molar-refractivity contribution in [2.75, 3.05) is 6.54 Å². The van der Waals surface area contributed by atoms with Crippen molar-refractivity contribution in [3.63, 3.8) is 0 Å². The molecule has 1 saturated heterocycles. The maximum absolute atomic E-state index is 13.4. The van der Waals surface area contributed by atoms with Crippen LogP contribution in [-0.2, 0) is 0 Å². The van der Waals surface area contributed by atoms with E-state index in [9.17, 15) is 9.18 Å². The van der Waals surface area contributed by atoms with Gasteiger partial charge in [-0.2, -0.15) is 0 Å². The van der Waals surface area contributed by atoms with Crippen LogP contribution in [0.4, 0.5) is 4.39 Å². The summed E-state index contributed by atoms with van der Waals surface area (Å²) in [4.78, 5) is 10.8. The lowest BCUT2D eigenvalue weighted by Crippen LogP contribution is -2.36. The predicted octanol–water partition coefficient (Wildman–Crippen LogP) is 1.56. The van der Waals surface area contributed by atoms with E-state index in [2.05, 4.69) is 5.32 Å². The number of aromatic carboxylic acids is 1. The summed E-state index contributed by atoms with van der Waals surface area (Å²) < 4.78 is 13.4. The van der Waals surface area contributed by atoms with Gasteiger partial charge in [-0.25, -0.2) is 9.18 Å². The average molecular weight is 195 g/mol. The van der Waals surface area contributed by atoms with Crippen LogP contribution in [0.25, 0.3) is 0 Å². The number of benzene rings is 1. The van der Waals surface area contributed by atoms with Crippen LogP contribution in [0, 0.1) is 5.82 Å². The van der Waals surface area contributed by atoms with Gasteiger partial charge in [0, 0.05) is 11.6 Å². The molecule has 14 heavy (non-hydrogen) atoms. The predicted molar refractivity (Wildman–Crippen MR) is 48.7 cm³/mol. The van der Waals surface area contributed by atoms with Crippen LogP contribution >= 0.6 is 0 Å². The van der Waals surface area contributed by atoms with Gasteiger partial charge in [-0.05, 0) is 25.1 Å². The van der Waals surface area contributed by atoms with E-state index in [1.807, 2.05) is 0 Å². The maximum Gasteiger partial charge on any atom is 0.336 e. The first-order valence-corrected chi connectivity index (χ1v) is 4.45. The molecule has 4 heteroatoms. The third-order valence-corrected chi connectivity index (χ3v) is 2.46. The molecule has 1 atom stereocenters. The first-order chi connectivity index (χ1) is 6.70. The van der Waals surface area contributed by atoms with Gasteiger partial charge in [-0.15, -0.1) is 0 Å². The van der Waals surface area contributed by atoms with Crippen LogP contribution in [0.1, 0.15) is 28.4 Å². The van der Waals surface area contributed by atoms with E-state index in [-0.39, 0.29) is 17.2 Å². The van der Waals surface area contributed by atoms with E-state index in [4.69, 9.17) is 5.11 Å². The van der Waals surface area contributed by atoms with Gasteiger partial charge in [0.05, 0.1) is 5.56 Å². The smallest absolute Gasteiger partial charge is 0.336 e. The van der Waals surface area contributed by atoms with E-state index in [1.54, 1.807) is 0 Å². The van der Waals surface area contributed by atoms with Gasteiger partial charge in [0.25, 0.3) is 0 Å². The molecule has 2 N–H and O–H groups in total. The quantitative estimate of drug-likeness (QED) is 0.752. The molecule has 0 bridgehead atoms. The zero-order chi connectivity index (χ0) is 10.1. The van der Waals surface area contributed by atoms with Crippen molar-refractivity contribution in [3.8, 4) is 0 Å². The highest BCUT2D eigenvalue weighted by molar-refractivity contribution is 5.89. The third-order valence-electron chi connectivity index (χ3n) is 2.46. The van der Waals surface area contributed by atoms with Gasteiger partial charge >= 0.3 is 5.97 Å². The first-order valence-electron chi connectivity index (χ1n) is 4.45. The van der Waals surface area contributed by atoms with Gasteiger partial charge < -0.3 is 10.4 Å². The summed E-state index contributed by atoms with van der Waals surface area (Å²) in [5.41, 5.74) is 0.341. The summed E-state index contributed by atoms with van der Waals surface area (Å²) in [5.74, 6) is -1.52. The lowest BCUT2D eigenvalue weighted by Gasteiger charge is -2.29. The molecule has 0 aromatic heterocycles. The number of carboxylic acids is 1. The Kier molecular flexibility index (Phi) is 2.21. The van der Waals surface area contributed by atoms with Gasteiger partial charge in [0.15, 0.2) is 0 Å². The monoisotopic (exact) mass is 195 g/mol. The Morgan fingerprint density at radius 1 is 1.57 bits per heavy atom. The maximum atomic E-state index is 13.4. The molecule has 0 amide bonds. The summed E-state index contributed by atoms with van der Waals surface area (Å²) in [6.45, 7) is 0.818. The molecule has 1 heterocycles. The van der Waals surface area contributed by atoms with Crippen molar-refractivity contribution in [1.82, 2.24) is 5.32 Å². The average Bonchev–Trinajstić information content (AvgIpc) is 2.04. The zero-order valence-electron chi connectivity index (χ0n) is 7.46. The minimum atomic E-state index is -1.08. The second kappa shape index (κ2) is 3.38. The Balaban J connectivity index is 2.47. The Bertz CT molecular complexity index is 374. The summed E-state index contributed by atoms with van der Waals surface area (Å²) in [5, 5.41) is 11.9. The molecule has 0 aliphatic carbocycles. The number of halogens is 1. The summed E-state index contributed by atoms with van der Waals surface area (Å²) in [6.07, 6.45) is 0.793. The van der Waals surface area contributed by atoms with Gasteiger partial charge in [-0.3, -0.25) is 0 Å². The molecule has 1 fully saturated rings. The molecule has 0 saturated carbocycles. The molecule has 0 unspecified atom stereocenters. The fraction of sp³-hybridized carbons (Fsp3) is 0.300. The van der Waals surface area contributed by atoms with Crippen LogP contribution in [0.3, 0.4) is 0 Å².